The molecule has 78 valence electrons. The Bertz CT molecular complexity index is 328. The van der Waals surface area contributed by atoms with E-state index in [1.54, 1.807) is 12.1 Å². The lowest BCUT2D eigenvalue weighted by molar-refractivity contribution is 0.560. The second-order valence-corrected chi connectivity index (χ2v) is 9.77. The molecule has 0 saturated heterocycles. The summed E-state index contributed by atoms with van der Waals surface area (Å²) in [6.07, 6.45) is 0. The van der Waals surface area contributed by atoms with Crippen LogP contribution in [0.3, 0.4) is 0 Å². The van der Waals surface area contributed by atoms with Crippen molar-refractivity contribution < 1.29 is 4.43 Å². The lowest BCUT2D eigenvalue weighted by atomic mass is 10.3. The van der Waals surface area contributed by atoms with Gasteiger partial charge in [-0.1, -0.05) is 27.5 Å². The highest BCUT2D eigenvalue weighted by molar-refractivity contribution is 9.10. The summed E-state index contributed by atoms with van der Waals surface area (Å²) in [7, 11) is -1.66. The van der Waals surface area contributed by atoms with Gasteiger partial charge in [-0.2, -0.15) is 0 Å². The molecule has 0 unspecified atom stereocenters. The topological polar surface area (TPSA) is 35.2 Å². The van der Waals surface area contributed by atoms with Crippen molar-refractivity contribution in [2.45, 2.75) is 19.6 Å². The van der Waals surface area contributed by atoms with Gasteiger partial charge in [-0.3, -0.25) is 0 Å². The summed E-state index contributed by atoms with van der Waals surface area (Å²) in [6.45, 7) is 6.26. The van der Waals surface area contributed by atoms with Gasteiger partial charge < -0.3 is 10.2 Å². The molecule has 5 heteroatoms. The SMILES string of the molecule is C[Si](C)(C)Oc1c(N)cc(Br)cc1Cl. The van der Waals surface area contributed by atoms with Crippen LogP contribution in [0.1, 0.15) is 0 Å². The lowest BCUT2D eigenvalue weighted by Crippen LogP contribution is -2.29. The van der Waals surface area contributed by atoms with Crippen LogP contribution in [-0.2, 0) is 0 Å². The van der Waals surface area contributed by atoms with Crippen LogP contribution in [0.4, 0.5) is 5.69 Å². The number of hydrogen-bond acceptors (Lipinski definition) is 2. The van der Waals surface area contributed by atoms with E-state index in [2.05, 4.69) is 35.6 Å². The van der Waals surface area contributed by atoms with Crippen molar-refractivity contribution in [3.05, 3.63) is 21.6 Å². The molecule has 0 spiro atoms. The maximum Gasteiger partial charge on any atom is 0.242 e. The lowest BCUT2D eigenvalue weighted by Gasteiger charge is -2.21. The Kier molecular flexibility index (Phi) is 3.50. The summed E-state index contributed by atoms with van der Waals surface area (Å²) in [5.41, 5.74) is 6.39. The van der Waals surface area contributed by atoms with Crippen LogP contribution >= 0.6 is 27.5 Å². The van der Waals surface area contributed by atoms with Gasteiger partial charge in [0.25, 0.3) is 0 Å². The third kappa shape index (κ3) is 3.19. The Balaban J connectivity index is 3.09. The first-order valence-corrected chi connectivity index (χ1v) is 8.81. The van der Waals surface area contributed by atoms with E-state index in [1.165, 1.54) is 0 Å². The van der Waals surface area contributed by atoms with Crippen LogP contribution in [0.5, 0.6) is 5.75 Å². The van der Waals surface area contributed by atoms with Gasteiger partial charge >= 0.3 is 0 Å². The molecule has 0 fully saturated rings. The highest BCUT2D eigenvalue weighted by Gasteiger charge is 2.19. The van der Waals surface area contributed by atoms with E-state index >= 15 is 0 Å². The fourth-order valence-electron chi connectivity index (χ4n) is 0.994. The van der Waals surface area contributed by atoms with Gasteiger partial charge in [0.15, 0.2) is 0 Å². The number of halogens is 2. The van der Waals surface area contributed by atoms with Gasteiger partial charge in [-0.25, -0.2) is 0 Å². The van der Waals surface area contributed by atoms with Gasteiger partial charge in [-0.15, -0.1) is 0 Å². The molecule has 0 heterocycles. The highest BCUT2D eigenvalue weighted by atomic mass is 79.9. The molecule has 14 heavy (non-hydrogen) atoms. The van der Waals surface area contributed by atoms with E-state index in [-0.39, 0.29) is 0 Å². The molecule has 0 bridgehead atoms. The summed E-state index contributed by atoms with van der Waals surface area (Å²) in [5.74, 6) is 0.606. The van der Waals surface area contributed by atoms with E-state index in [9.17, 15) is 0 Å². The number of nitrogens with two attached hydrogens (primary N) is 1. The highest BCUT2D eigenvalue weighted by Crippen LogP contribution is 2.35. The van der Waals surface area contributed by atoms with Crippen molar-refractivity contribution in [2.24, 2.45) is 0 Å². The number of rotatable bonds is 2. The minimum atomic E-state index is -1.66. The van der Waals surface area contributed by atoms with Crippen LogP contribution < -0.4 is 10.2 Å². The summed E-state index contributed by atoms with van der Waals surface area (Å²) in [5, 5.41) is 0.555. The predicted octanol–water partition coefficient (Wildman–Crippen LogP) is 3.90. The minimum Gasteiger partial charge on any atom is -0.542 e. The minimum absolute atomic E-state index is 0.555. The molecular weight excluding hydrogens is 282 g/mol. The van der Waals surface area contributed by atoms with Gasteiger partial charge in [0.05, 0.1) is 10.7 Å². The zero-order chi connectivity index (χ0) is 10.9. The second-order valence-electron chi connectivity index (χ2n) is 4.02. The smallest absolute Gasteiger partial charge is 0.242 e. The van der Waals surface area contributed by atoms with Crippen molar-refractivity contribution in [3.63, 3.8) is 0 Å². The molecule has 2 N–H and O–H groups in total. The zero-order valence-electron chi connectivity index (χ0n) is 8.40. The van der Waals surface area contributed by atoms with Crippen LogP contribution in [0.25, 0.3) is 0 Å². The van der Waals surface area contributed by atoms with Crippen molar-refractivity contribution in [2.75, 3.05) is 5.73 Å². The molecule has 1 aromatic carbocycles. The molecule has 0 amide bonds. The van der Waals surface area contributed by atoms with E-state index in [1.807, 2.05) is 0 Å². The average Bonchev–Trinajstić information content (AvgIpc) is 1.95. The van der Waals surface area contributed by atoms with Gasteiger partial charge in [0, 0.05) is 4.47 Å². The standard InChI is InChI=1S/C9H13BrClNOSi/c1-14(2,3)13-9-7(11)4-6(10)5-8(9)12/h4-5H,12H2,1-3H3. The first-order valence-electron chi connectivity index (χ1n) is 4.23. The first kappa shape index (κ1) is 11.9. The molecule has 1 aromatic rings. The number of anilines is 1. The Morgan fingerprint density at radius 1 is 1.36 bits per heavy atom. The van der Waals surface area contributed by atoms with Crippen LogP contribution in [0.2, 0.25) is 24.7 Å². The number of hydrogen-bond donors (Lipinski definition) is 1. The molecule has 1 rings (SSSR count). The normalized spacial score (nSPS) is 11.5. The molecule has 2 nitrogen and oxygen atoms in total. The second kappa shape index (κ2) is 4.12. The third-order valence-electron chi connectivity index (χ3n) is 1.45. The number of benzene rings is 1. The van der Waals surface area contributed by atoms with Crippen molar-refractivity contribution in [1.29, 1.82) is 0 Å². The number of nitrogen functional groups attached to an aromatic ring is 1. The first-order chi connectivity index (χ1) is 6.29. The van der Waals surface area contributed by atoms with Crippen LogP contribution in [0, 0.1) is 0 Å². The molecule has 0 atom stereocenters. The molecule has 0 saturated carbocycles. The maximum atomic E-state index is 6.03. The predicted molar refractivity (Wildman–Crippen MR) is 67.5 cm³/mol. The molecule has 0 aliphatic heterocycles. The van der Waals surface area contributed by atoms with E-state index in [4.69, 9.17) is 21.8 Å². The monoisotopic (exact) mass is 293 g/mol. The average molecular weight is 295 g/mol. The van der Waals surface area contributed by atoms with Gasteiger partial charge in [0.2, 0.25) is 8.32 Å². The summed E-state index contributed by atoms with van der Waals surface area (Å²) in [4.78, 5) is 0. The van der Waals surface area contributed by atoms with Crippen molar-refractivity contribution in [3.8, 4) is 5.75 Å². The Morgan fingerprint density at radius 3 is 2.36 bits per heavy atom. The molecule has 0 radical (unpaired) electrons. The van der Waals surface area contributed by atoms with Crippen molar-refractivity contribution in [1.82, 2.24) is 0 Å². The Hall–Kier alpha value is -0.193. The quantitative estimate of drug-likeness (QED) is 0.663. The van der Waals surface area contributed by atoms with Crippen LogP contribution in [0.15, 0.2) is 16.6 Å². The fraction of sp³-hybridized carbons (Fsp3) is 0.333. The van der Waals surface area contributed by atoms with Crippen LogP contribution in [-0.4, -0.2) is 8.32 Å². The summed E-state index contributed by atoms with van der Waals surface area (Å²) >= 11 is 9.35. The molecule has 0 aliphatic rings. The Morgan fingerprint density at radius 2 is 1.93 bits per heavy atom. The van der Waals surface area contributed by atoms with E-state index in [0.29, 0.717) is 16.5 Å². The zero-order valence-corrected chi connectivity index (χ0v) is 11.7. The summed E-state index contributed by atoms with van der Waals surface area (Å²) < 4.78 is 6.64. The van der Waals surface area contributed by atoms with E-state index in [0.717, 1.165) is 4.47 Å². The van der Waals surface area contributed by atoms with Gasteiger partial charge in [-0.05, 0) is 31.8 Å². The fourth-order valence-corrected chi connectivity index (χ4v) is 2.77. The Labute approximate surface area is 98.7 Å². The maximum absolute atomic E-state index is 6.03. The molecular formula is C9H13BrClNOSi. The van der Waals surface area contributed by atoms with Gasteiger partial charge in [0.1, 0.15) is 5.75 Å². The van der Waals surface area contributed by atoms with E-state index < -0.39 is 8.32 Å². The largest absolute Gasteiger partial charge is 0.542 e. The molecule has 0 aliphatic carbocycles. The third-order valence-corrected chi connectivity index (χ3v) is 3.00. The summed E-state index contributed by atoms with van der Waals surface area (Å²) in [6, 6.07) is 3.58. The molecule has 0 aromatic heterocycles. The van der Waals surface area contributed by atoms with Crippen molar-refractivity contribution >= 4 is 41.5 Å².